The first-order chi connectivity index (χ1) is 10.8. The maximum atomic E-state index is 6.32. The van der Waals surface area contributed by atoms with Gasteiger partial charge >= 0.3 is 0 Å². The van der Waals surface area contributed by atoms with Gasteiger partial charge in [0.05, 0.1) is 23.6 Å². The Morgan fingerprint density at radius 2 is 1.86 bits per heavy atom. The number of hydroxylamine groups is 2. The van der Waals surface area contributed by atoms with Crippen LogP contribution in [0.5, 0.6) is 0 Å². The van der Waals surface area contributed by atoms with Crippen molar-refractivity contribution in [2.24, 2.45) is 0 Å². The summed E-state index contributed by atoms with van der Waals surface area (Å²) in [6, 6.07) is 19.1. The van der Waals surface area contributed by atoms with E-state index in [1.54, 1.807) is 0 Å². The van der Waals surface area contributed by atoms with E-state index < -0.39 is 0 Å². The lowest BCUT2D eigenvalue weighted by molar-refractivity contribution is -0.194. The van der Waals surface area contributed by atoms with Gasteiger partial charge in [-0.15, -0.1) is 0 Å². The summed E-state index contributed by atoms with van der Waals surface area (Å²) in [4.78, 5) is 11.2. The van der Waals surface area contributed by atoms with E-state index in [0.717, 1.165) is 24.3 Å². The standard InChI is InChI=1S/C18H17N3O/c1-20-16-11-18(22-20,13-7-3-2-4-8-13)12-21-15-10-6-5-9-14(15)19-17(16)21/h2-10,16H,11-12H2,1H3/t16-,18+/m1/s1. The number of fused-ring (bicyclic) bond motifs is 6. The van der Waals surface area contributed by atoms with Gasteiger partial charge in [0.15, 0.2) is 0 Å². The van der Waals surface area contributed by atoms with Gasteiger partial charge < -0.3 is 4.57 Å². The zero-order chi connectivity index (χ0) is 14.7. The molecule has 22 heavy (non-hydrogen) atoms. The molecule has 2 aliphatic heterocycles. The smallest absolute Gasteiger partial charge is 0.135 e. The van der Waals surface area contributed by atoms with E-state index in [2.05, 4.69) is 53.1 Å². The highest BCUT2D eigenvalue weighted by atomic mass is 16.7. The fourth-order valence-electron chi connectivity index (χ4n) is 3.94. The van der Waals surface area contributed by atoms with E-state index in [-0.39, 0.29) is 11.6 Å². The molecule has 0 saturated carbocycles. The number of hydrogen-bond donors (Lipinski definition) is 0. The molecule has 3 heterocycles. The molecule has 5 rings (SSSR count). The lowest BCUT2D eigenvalue weighted by atomic mass is 9.85. The van der Waals surface area contributed by atoms with Gasteiger partial charge in [0.1, 0.15) is 11.4 Å². The van der Waals surface area contributed by atoms with Crippen LogP contribution in [0.4, 0.5) is 0 Å². The third-order valence-corrected chi connectivity index (χ3v) is 4.98. The van der Waals surface area contributed by atoms with Gasteiger partial charge in [0, 0.05) is 13.5 Å². The molecule has 2 atom stereocenters. The largest absolute Gasteiger partial charge is 0.323 e. The summed E-state index contributed by atoms with van der Waals surface area (Å²) in [5.74, 6) is 1.12. The Hall–Kier alpha value is -2.17. The molecule has 110 valence electrons. The molecule has 0 amide bonds. The quantitative estimate of drug-likeness (QED) is 0.689. The van der Waals surface area contributed by atoms with Crippen molar-refractivity contribution < 1.29 is 4.84 Å². The minimum atomic E-state index is -0.281. The summed E-state index contributed by atoms with van der Waals surface area (Å²) in [6.45, 7) is 0.813. The van der Waals surface area contributed by atoms with Crippen molar-refractivity contribution >= 4 is 11.0 Å². The fraction of sp³-hybridized carbons (Fsp3) is 0.278. The number of para-hydroxylation sites is 2. The Balaban J connectivity index is 1.74. The molecular formula is C18H17N3O. The molecular weight excluding hydrogens is 274 g/mol. The summed E-state index contributed by atoms with van der Waals surface area (Å²) in [7, 11) is 2.02. The van der Waals surface area contributed by atoms with Gasteiger partial charge in [-0.1, -0.05) is 42.5 Å². The lowest BCUT2D eigenvalue weighted by Gasteiger charge is -2.31. The molecule has 4 heteroatoms. The van der Waals surface area contributed by atoms with Crippen LogP contribution in [0.25, 0.3) is 11.0 Å². The van der Waals surface area contributed by atoms with Crippen LogP contribution in [0, 0.1) is 0 Å². The molecule has 2 bridgehead atoms. The van der Waals surface area contributed by atoms with Crippen LogP contribution < -0.4 is 0 Å². The zero-order valence-corrected chi connectivity index (χ0v) is 12.4. The van der Waals surface area contributed by atoms with Crippen LogP contribution in [0.15, 0.2) is 54.6 Å². The second-order valence-corrected chi connectivity index (χ2v) is 6.26. The second-order valence-electron chi connectivity index (χ2n) is 6.26. The van der Waals surface area contributed by atoms with Gasteiger partial charge in [-0.2, -0.15) is 5.06 Å². The van der Waals surface area contributed by atoms with Gasteiger partial charge in [0.2, 0.25) is 0 Å². The molecule has 0 radical (unpaired) electrons. The summed E-state index contributed by atoms with van der Waals surface area (Å²) >= 11 is 0. The van der Waals surface area contributed by atoms with Crippen molar-refractivity contribution in [1.29, 1.82) is 0 Å². The predicted octanol–water partition coefficient (Wildman–Crippen LogP) is 3.25. The van der Waals surface area contributed by atoms with Crippen LogP contribution in [-0.2, 0) is 17.0 Å². The Kier molecular flexibility index (Phi) is 2.35. The topological polar surface area (TPSA) is 30.3 Å². The normalized spacial score (nSPS) is 27.2. The van der Waals surface area contributed by atoms with Crippen LogP contribution in [-0.4, -0.2) is 21.7 Å². The highest BCUT2D eigenvalue weighted by molar-refractivity contribution is 5.76. The third-order valence-electron chi connectivity index (χ3n) is 4.98. The van der Waals surface area contributed by atoms with E-state index >= 15 is 0 Å². The zero-order valence-electron chi connectivity index (χ0n) is 12.4. The maximum absolute atomic E-state index is 6.32. The Labute approximate surface area is 128 Å². The summed E-state index contributed by atoms with van der Waals surface area (Å²) < 4.78 is 2.33. The monoisotopic (exact) mass is 291 g/mol. The van der Waals surface area contributed by atoms with Gasteiger partial charge in [-0.05, 0) is 17.7 Å². The van der Waals surface area contributed by atoms with Crippen LogP contribution in [0.2, 0.25) is 0 Å². The number of aromatic nitrogens is 2. The molecule has 2 aliphatic rings. The Bertz CT molecular complexity index is 857. The van der Waals surface area contributed by atoms with E-state index in [0.29, 0.717) is 0 Å². The molecule has 3 aromatic rings. The van der Waals surface area contributed by atoms with Crippen LogP contribution in [0.1, 0.15) is 23.9 Å². The third kappa shape index (κ3) is 1.51. The lowest BCUT2D eigenvalue weighted by Crippen LogP contribution is -2.34. The SMILES string of the molecule is CN1O[C@@]2(c3ccccc3)C[C@@H]1c1nc3ccccc3n1C2. The molecule has 0 spiro atoms. The Morgan fingerprint density at radius 3 is 2.73 bits per heavy atom. The molecule has 2 aromatic carbocycles. The highest BCUT2D eigenvalue weighted by Gasteiger charge is 2.52. The molecule has 1 saturated heterocycles. The van der Waals surface area contributed by atoms with Crippen molar-refractivity contribution in [2.75, 3.05) is 7.05 Å². The summed E-state index contributed by atoms with van der Waals surface area (Å²) in [5, 5.41) is 1.98. The average Bonchev–Trinajstić information content (AvgIpc) is 3.06. The first-order valence-electron chi connectivity index (χ1n) is 7.69. The van der Waals surface area contributed by atoms with Crippen LogP contribution in [0.3, 0.4) is 0 Å². The van der Waals surface area contributed by atoms with Gasteiger partial charge in [-0.3, -0.25) is 4.84 Å². The van der Waals surface area contributed by atoms with E-state index in [1.165, 1.54) is 11.1 Å². The summed E-state index contributed by atoms with van der Waals surface area (Å²) in [5.41, 5.74) is 3.23. The maximum Gasteiger partial charge on any atom is 0.135 e. The Morgan fingerprint density at radius 1 is 1.09 bits per heavy atom. The average molecular weight is 291 g/mol. The number of hydrogen-bond acceptors (Lipinski definition) is 3. The van der Waals surface area contributed by atoms with E-state index in [1.807, 2.05) is 18.2 Å². The van der Waals surface area contributed by atoms with Crippen molar-refractivity contribution in [3.63, 3.8) is 0 Å². The number of rotatable bonds is 1. The molecule has 4 nitrogen and oxygen atoms in total. The predicted molar refractivity (Wildman–Crippen MR) is 84.1 cm³/mol. The van der Waals surface area contributed by atoms with Crippen LogP contribution >= 0.6 is 0 Å². The molecule has 1 aromatic heterocycles. The van der Waals surface area contributed by atoms with E-state index in [4.69, 9.17) is 9.82 Å². The van der Waals surface area contributed by atoms with Gasteiger partial charge in [-0.25, -0.2) is 4.98 Å². The number of benzene rings is 2. The molecule has 0 aliphatic carbocycles. The minimum Gasteiger partial charge on any atom is -0.323 e. The first kappa shape index (κ1) is 12.4. The summed E-state index contributed by atoms with van der Waals surface area (Å²) in [6.07, 6.45) is 0.955. The fourth-order valence-corrected chi connectivity index (χ4v) is 3.94. The van der Waals surface area contributed by atoms with E-state index in [9.17, 15) is 0 Å². The molecule has 0 N–H and O–H groups in total. The van der Waals surface area contributed by atoms with Gasteiger partial charge in [0.25, 0.3) is 0 Å². The first-order valence-corrected chi connectivity index (χ1v) is 7.69. The van der Waals surface area contributed by atoms with Crippen molar-refractivity contribution in [1.82, 2.24) is 14.6 Å². The van der Waals surface area contributed by atoms with Crippen molar-refractivity contribution in [3.05, 3.63) is 66.0 Å². The molecule has 1 fully saturated rings. The second kappa shape index (κ2) is 4.18. The molecule has 0 unspecified atom stereocenters. The number of imidazole rings is 1. The highest BCUT2D eigenvalue weighted by Crippen LogP contribution is 2.50. The van der Waals surface area contributed by atoms with Crippen molar-refractivity contribution in [2.45, 2.75) is 24.6 Å². The van der Waals surface area contributed by atoms with Crippen molar-refractivity contribution in [3.8, 4) is 0 Å². The minimum absolute atomic E-state index is 0.210. The number of nitrogens with zero attached hydrogens (tertiary/aromatic N) is 3.